The Bertz CT molecular complexity index is 895. The molecule has 1 unspecified atom stereocenters. The van der Waals surface area contributed by atoms with Gasteiger partial charge in [0, 0.05) is 6.04 Å². The van der Waals surface area contributed by atoms with Crippen LogP contribution < -0.4 is 4.72 Å². The summed E-state index contributed by atoms with van der Waals surface area (Å²) in [5.41, 5.74) is 2.04. The molecule has 0 aliphatic heterocycles. The lowest BCUT2D eigenvalue weighted by Crippen LogP contribution is -2.38. The van der Waals surface area contributed by atoms with Gasteiger partial charge in [0.15, 0.2) is 0 Å². The summed E-state index contributed by atoms with van der Waals surface area (Å²) < 4.78 is 40.6. The van der Waals surface area contributed by atoms with Crippen LogP contribution in [0.5, 0.6) is 0 Å². The summed E-state index contributed by atoms with van der Waals surface area (Å²) in [5, 5.41) is 9.07. The quantitative estimate of drug-likeness (QED) is 0.888. The number of carboxylic acid groups (broad SMARTS) is 1. The molecule has 5 nitrogen and oxygen atoms in total. The third-order valence-corrected chi connectivity index (χ3v) is 5.63. The Morgan fingerprint density at radius 2 is 1.96 bits per heavy atom. The fourth-order valence-electron chi connectivity index (χ4n) is 2.91. The van der Waals surface area contributed by atoms with Crippen LogP contribution in [0, 0.1) is 5.82 Å². The topological polar surface area (TPSA) is 83.5 Å². The summed E-state index contributed by atoms with van der Waals surface area (Å²) in [6.45, 7) is 0. The van der Waals surface area contributed by atoms with Crippen LogP contribution in [0.4, 0.5) is 4.39 Å². The maximum atomic E-state index is 13.2. The first-order valence-electron chi connectivity index (χ1n) is 7.48. The van der Waals surface area contributed by atoms with Gasteiger partial charge < -0.3 is 5.11 Å². The number of rotatable bonds is 4. The van der Waals surface area contributed by atoms with Crippen molar-refractivity contribution in [3.63, 3.8) is 0 Å². The van der Waals surface area contributed by atoms with Crippen LogP contribution in [-0.2, 0) is 22.9 Å². The molecule has 126 valence electrons. The van der Waals surface area contributed by atoms with E-state index in [1.165, 1.54) is 18.2 Å². The Hall–Kier alpha value is -2.25. The highest BCUT2D eigenvalue weighted by molar-refractivity contribution is 7.89. The first-order chi connectivity index (χ1) is 11.3. The fourth-order valence-corrected chi connectivity index (χ4v) is 4.21. The average molecular weight is 349 g/mol. The van der Waals surface area contributed by atoms with Gasteiger partial charge in [-0.25, -0.2) is 22.3 Å². The number of sulfonamides is 1. The minimum absolute atomic E-state index is 0.118. The number of carbonyl (C=O) groups is 1. The monoisotopic (exact) mass is 349 g/mol. The molecule has 1 aliphatic rings. The number of hydrogen-bond acceptors (Lipinski definition) is 3. The molecule has 0 radical (unpaired) electrons. The van der Waals surface area contributed by atoms with Crippen LogP contribution in [0.3, 0.4) is 0 Å². The Balaban J connectivity index is 1.80. The molecular formula is C17H16FNO4S. The van der Waals surface area contributed by atoms with Gasteiger partial charge in [-0.1, -0.05) is 12.1 Å². The van der Waals surface area contributed by atoms with Crippen LogP contribution in [0.15, 0.2) is 47.4 Å². The van der Waals surface area contributed by atoms with Gasteiger partial charge >= 0.3 is 5.97 Å². The fraction of sp³-hybridized carbons (Fsp3) is 0.235. The minimum Gasteiger partial charge on any atom is -0.478 e. The molecule has 0 amide bonds. The zero-order valence-electron chi connectivity index (χ0n) is 12.7. The highest BCUT2D eigenvalue weighted by Crippen LogP contribution is 2.24. The second-order valence-electron chi connectivity index (χ2n) is 5.81. The zero-order valence-corrected chi connectivity index (χ0v) is 13.5. The highest BCUT2D eigenvalue weighted by atomic mass is 32.2. The second kappa shape index (κ2) is 6.33. The molecule has 0 bridgehead atoms. The van der Waals surface area contributed by atoms with Crippen LogP contribution in [0.2, 0.25) is 0 Å². The maximum Gasteiger partial charge on any atom is 0.335 e. The van der Waals surface area contributed by atoms with Gasteiger partial charge in [0.2, 0.25) is 10.0 Å². The number of nitrogens with one attached hydrogen (secondary N) is 1. The lowest BCUT2D eigenvalue weighted by molar-refractivity contribution is 0.0696. The average Bonchev–Trinajstić information content (AvgIpc) is 2.53. The molecule has 0 heterocycles. The van der Waals surface area contributed by atoms with Gasteiger partial charge in [0.1, 0.15) is 5.82 Å². The van der Waals surface area contributed by atoms with Gasteiger partial charge in [-0.2, -0.15) is 0 Å². The van der Waals surface area contributed by atoms with Crippen molar-refractivity contribution < 1.29 is 22.7 Å². The van der Waals surface area contributed by atoms with E-state index in [1.807, 2.05) is 0 Å². The van der Waals surface area contributed by atoms with Gasteiger partial charge in [0.25, 0.3) is 0 Å². The molecule has 3 rings (SSSR count). The molecule has 1 aliphatic carbocycles. The first-order valence-corrected chi connectivity index (χ1v) is 8.96. The van der Waals surface area contributed by atoms with Crippen molar-refractivity contribution in [1.82, 2.24) is 4.72 Å². The third kappa shape index (κ3) is 3.47. The minimum atomic E-state index is -3.82. The number of benzene rings is 2. The molecular weight excluding hydrogens is 333 g/mol. The highest BCUT2D eigenvalue weighted by Gasteiger charge is 2.25. The van der Waals surface area contributed by atoms with E-state index in [0.717, 1.165) is 17.2 Å². The number of hydrogen-bond donors (Lipinski definition) is 2. The predicted octanol–water partition coefficient (Wildman–Crippen LogP) is 2.36. The van der Waals surface area contributed by atoms with Crippen molar-refractivity contribution in [3.05, 3.63) is 65.0 Å². The largest absolute Gasteiger partial charge is 0.478 e. The van der Waals surface area contributed by atoms with E-state index in [-0.39, 0.29) is 16.5 Å². The van der Waals surface area contributed by atoms with E-state index in [1.54, 1.807) is 18.2 Å². The third-order valence-electron chi connectivity index (χ3n) is 4.11. The normalized spacial score (nSPS) is 17.3. The Labute approximate surface area is 139 Å². The van der Waals surface area contributed by atoms with E-state index in [4.69, 9.17) is 5.11 Å². The zero-order chi connectivity index (χ0) is 17.3. The number of fused-ring (bicyclic) bond motifs is 1. The van der Waals surface area contributed by atoms with Gasteiger partial charge in [-0.15, -0.1) is 0 Å². The van der Waals surface area contributed by atoms with Gasteiger partial charge in [-0.05, 0) is 60.7 Å². The van der Waals surface area contributed by atoms with Crippen LogP contribution in [-0.4, -0.2) is 25.5 Å². The molecule has 2 aromatic carbocycles. The van der Waals surface area contributed by atoms with Gasteiger partial charge in [0.05, 0.1) is 10.5 Å². The molecule has 1 atom stereocenters. The Kier molecular flexibility index (Phi) is 4.38. The number of aryl methyl sites for hydroxylation is 1. The van der Waals surface area contributed by atoms with Crippen LogP contribution in [0.25, 0.3) is 0 Å². The summed E-state index contributed by atoms with van der Waals surface area (Å²) in [7, 11) is -3.82. The molecule has 24 heavy (non-hydrogen) atoms. The molecule has 0 fully saturated rings. The van der Waals surface area contributed by atoms with Crippen molar-refractivity contribution >= 4 is 16.0 Å². The summed E-state index contributed by atoms with van der Waals surface area (Å²) in [6.07, 6.45) is 1.67. The molecule has 2 aromatic rings. The maximum absolute atomic E-state index is 13.2. The predicted molar refractivity (Wildman–Crippen MR) is 85.9 cm³/mol. The van der Waals surface area contributed by atoms with E-state index in [9.17, 15) is 17.6 Å². The summed E-state index contributed by atoms with van der Waals surface area (Å²) in [5.74, 6) is -1.63. The lowest BCUT2D eigenvalue weighted by Gasteiger charge is -2.25. The van der Waals surface area contributed by atoms with Gasteiger partial charge in [-0.3, -0.25) is 0 Å². The first kappa shape index (κ1) is 16.6. The summed E-state index contributed by atoms with van der Waals surface area (Å²) in [6, 6.07) is 9.40. The smallest absolute Gasteiger partial charge is 0.335 e. The SMILES string of the molecule is O=C(O)c1ccc2c(c1)CC(NS(=O)(=O)c1cccc(F)c1)CC2. The molecule has 0 saturated carbocycles. The van der Waals surface area contributed by atoms with Crippen molar-refractivity contribution in [2.24, 2.45) is 0 Å². The number of aromatic carboxylic acids is 1. The molecule has 0 aromatic heterocycles. The molecule has 0 spiro atoms. The van der Waals surface area contributed by atoms with E-state index >= 15 is 0 Å². The second-order valence-corrected chi connectivity index (χ2v) is 7.52. The lowest BCUT2D eigenvalue weighted by atomic mass is 9.88. The Morgan fingerprint density at radius 3 is 2.67 bits per heavy atom. The van der Waals surface area contributed by atoms with Crippen molar-refractivity contribution in [3.8, 4) is 0 Å². The van der Waals surface area contributed by atoms with E-state index < -0.39 is 21.8 Å². The summed E-state index contributed by atoms with van der Waals surface area (Å²) in [4.78, 5) is 10.9. The van der Waals surface area contributed by atoms with Crippen molar-refractivity contribution in [2.45, 2.75) is 30.2 Å². The van der Waals surface area contributed by atoms with E-state index in [2.05, 4.69) is 4.72 Å². The standard InChI is InChI=1S/C17H16FNO4S/c18-14-2-1-3-16(10-14)24(22,23)19-15-7-6-11-4-5-12(17(20)21)8-13(11)9-15/h1-5,8,10,15,19H,6-7,9H2,(H,20,21). The summed E-state index contributed by atoms with van der Waals surface area (Å²) >= 11 is 0. The molecule has 2 N–H and O–H groups in total. The molecule has 7 heteroatoms. The van der Waals surface area contributed by atoms with Crippen molar-refractivity contribution in [1.29, 1.82) is 0 Å². The Morgan fingerprint density at radius 1 is 1.17 bits per heavy atom. The molecule has 0 saturated heterocycles. The number of carboxylic acids is 1. The number of halogens is 1. The van der Waals surface area contributed by atoms with E-state index in [0.29, 0.717) is 19.3 Å². The van der Waals surface area contributed by atoms with Crippen LogP contribution >= 0.6 is 0 Å². The van der Waals surface area contributed by atoms with Crippen molar-refractivity contribution in [2.75, 3.05) is 0 Å². The van der Waals surface area contributed by atoms with Crippen LogP contribution in [0.1, 0.15) is 27.9 Å².